The van der Waals surface area contributed by atoms with Gasteiger partial charge in [0.15, 0.2) is 11.6 Å². The van der Waals surface area contributed by atoms with Crippen molar-refractivity contribution in [1.82, 2.24) is 15.6 Å². The molecule has 1 unspecified atom stereocenters. The Morgan fingerprint density at radius 1 is 1.35 bits per heavy atom. The van der Waals surface area contributed by atoms with Crippen LogP contribution in [-0.2, 0) is 6.54 Å². The maximum absolute atomic E-state index is 13.4. The summed E-state index contributed by atoms with van der Waals surface area (Å²) in [5.41, 5.74) is 2.44. The molecule has 0 fully saturated rings. The summed E-state index contributed by atoms with van der Waals surface area (Å²) in [4.78, 5) is 16.3. The number of hydrogen-bond acceptors (Lipinski definition) is 3. The maximum atomic E-state index is 13.4. The van der Waals surface area contributed by atoms with Gasteiger partial charge in [-0.3, -0.25) is 4.98 Å². The van der Waals surface area contributed by atoms with Crippen LogP contribution in [0.4, 0.5) is 9.18 Å². The van der Waals surface area contributed by atoms with Gasteiger partial charge >= 0.3 is 6.03 Å². The van der Waals surface area contributed by atoms with Crippen LogP contribution in [0, 0.1) is 12.7 Å². The number of urea groups is 1. The number of benzene rings is 1. The number of carbonyl (C=O) groups excluding carboxylic acids is 1. The average molecular weight is 317 g/mol. The molecular weight excluding hydrogens is 297 g/mol. The summed E-state index contributed by atoms with van der Waals surface area (Å²) in [6, 6.07) is 9.55. The van der Waals surface area contributed by atoms with Crippen molar-refractivity contribution < 1.29 is 13.9 Å². The number of halogens is 1. The summed E-state index contributed by atoms with van der Waals surface area (Å²) in [6.07, 6.45) is 0. The Hall–Kier alpha value is -2.63. The monoisotopic (exact) mass is 317 g/mol. The van der Waals surface area contributed by atoms with Crippen molar-refractivity contribution in [2.45, 2.75) is 26.4 Å². The second-order valence-corrected chi connectivity index (χ2v) is 5.21. The van der Waals surface area contributed by atoms with E-state index in [1.165, 1.54) is 13.2 Å². The third-order valence-corrected chi connectivity index (χ3v) is 3.40. The molecule has 2 aromatic rings. The van der Waals surface area contributed by atoms with E-state index in [9.17, 15) is 9.18 Å². The highest BCUT2D eigenvalue weighted by atomic mass is 19.1. The first-order chi connectivity index (χ1) is 11.0. The molecule has 23 heavy (non-hydrogen) atoms. The quantitative estimate of drug-likeness (QED) is 0.890. The Morgan fingerprint density at radius 2 is 2.13 bits per heavy atom. The number of methoxy groups -OCH3 is 1. The van der Waals surface area contributed by atoms with Gasteiger partial charge in [-0.2, -0.15) is 0 Å². The van der Waals surface area contributed by atoms with Gasteiger partial charge in [0.05, 0.1) is 25.4 Å². The van der Waals surface area contributed by atoms with E-state index < -0.39 is 5.82 Å². The molecule has 0 aliphatic rings. The molecule has 1 aromatic carbocycles. The predicted molar refractivity (Wildman–Crippen MR) is 85.7 cm³/mol. The van der Waals surface area contributed by atoms with Crippen LogP contribution in [0.15, 0.2) is 36.4 Å². The second-order valence-electron chi connectivity index (χ2n) is 5.21. The first-order valence-electron chi connectivity index (χ1n) is 7.30. The van der Waals surface area contributed by atoms with Crippen LogP contribution in [0.1, 0.15) is 29.9 Å². The molecule has 0 aliphatic carbocycles. The van der Waals surface area contributed by atoms with E-state index in [2.05, 4.69) is 15.6 Å². The van der Waals surface area contributed by atoms with Crippen LogP contribution in [0.5, 0.6) is 5.75 Å². The molecule has 0 spiro atoms. The number of aromatic nitrogens is 1. The maximum Gasteiger partial charge on any atom is 0.315 e. The van der Waals surface area contributed by atoms with Crippen LogP contribution in [0.25, 0.3) is 0 Å². The molecular formula is C17H20FN3O2. The Morgan fingerprint density at radius 3 is 2.83 bits per heavy atom. The molecule has 2 amide bonds. The first kappa shape index (κ1) is 16.7. The van der Waals surface area contributed by atoms with Crippen molar-refractivity contribution in [3.05, 3.63) is 59.2 Å². The number of carbonyl (C=O) groups is 1. The van der Waals surface area contributed by atoms with E-state index in [0.29, 0.717) is 6.54 Å². The number of nitrogens with one attached hydrogen (secondary N) is 2. The smallest absolute Gasteiger partial charge is 0.315 e. The summed E-state index contributed by atoms with van der Waals surface area (Å²) < 4.78 is 18.4. The Labute approximate surface area is 134 Å². The van der Waals surface area contributed by atoms with Gasteiger partial charge in [-0.05, 0) is 43.7 Å². The zero-order valence-corrected chi connectivity index (χ0v) is 13.4. The molecule has 1 aromatic heterocycles. The first-order valence-corrected chi connectivity index (χ1v) is 7.30. The van der Waals surface area contributed by atoms with Crippen LogP contribution >= 0.6 is 0 Å². The lowest BCUT2D eigenvalue weighted by molar-refractivity contribution is 0.237. The number of rotatable bonds is 5. The van der Waals surface area contributed by atoms with Gasteiger partial charge in [0.25, 0.3) is 0 Å². The zero-order valence-electron chi connectivity index (χ0n) is 13.4. The van der Waals surface area contributed by atoms with Gasteiger partial charge in [0.2, 0.25) is 0 Å². The molecule has 1 heterocycles. The Balaban J connectivity index is 1.92. The van der Waals surface area contributed by atoms with E-state index in [1.807, 2.05) is 32.0 Å². The highest BCUT2D eigenvalue weighted by molar-refractivity contribution is 5.74. The predicted octanol–water partition coefficient (Wildman–Crippen LogP) is 3.10. The van der Waals surface area contributed by atoms with Crippen molar-refractivity contribution >= 4 is 6.03 Å². The van der Waals surface area contributed by atoms with Gasteiger partial charge in [-0.25, -0.2) is 9.18 Å². The van der Waals surface area contributed by atoms with Gasteiger partial charge in [0, 0.05) is 5.69 Å². The van der Waals surface area contributed by atoms with Gasteiger partial charge in [0.1, 0.15) is 0 Å². The number of aryl methyl sites for hydroxylation is 1. The average Bonchev–Trinajstić information content (AvgIpc) is 2.53. The number of amides is 2. The third-order valence-electron chi connectivity index (χ3n) is 3.40. The molecule has 2 N–H and O–H groups in total. The normalized spacial score (nSPS) is 11.7. The fraction of sp³-hybridized carbons (Fsp3) is 0.294. The lowest BCUT2D eigenvalue weighted by Crippen LogP contribution is -2.36. The zero-order chi connectivity index (χ0) is 16.8. The molecule has 2 rings (SSSR count). The summed E-state index contributed by atoms with van der Waals surface area (Å²) in [6.45, 7) is 4.05. The largest absolute Gasteiger partial charge is 0.494 e. The number of nitrogens with zero attached hydrogens (tertiary/aromatic N) is 1. The number of ether oxygens (including phenoxy) is 1. The summed E-state index contributed by atoms with van der Waals surface area (Å²) in [5, 5.41) is 5.54. The van der Waals surface area contributed by atoms with E-state index in [-0.39, 0.29) is 17.8 Å². The minimum absolute atomic E-state index is 0.153. The number of hydrogen-bond donors (Lipinski definition) is 2. The van der Waals surface area contributed by atoms with Crippen molar-refractivity contribution in [2.24, 2.45) is 0 Å². The standard InChI is InChI=1S/C17H20FN3O2/c1-11-5-4-6-14(20-11)10-19-17(22)21-12(2)13-7-8-15(18)16(9-13)23-3/h4-9,12H,10H2,1-3H3,(H2,19,21,22). The van der Waals surface area contributed by atoms with Gasteiger partial charge in [-0.15, -0.1) is 0 Å². The molecule has 0 radical (unpaired) electrons. The van der Waals surface area contributed by atoms with E-state index in [1.54, 1.807) is 12.1 Å². The highest BCUT2D eigenvalue weighted by Gasteiger charge is 2.12. The lowest BCUT2D eigenvalue weighted by atomic mass is 10.1. The molecule has 1 atom stereocenters. The van der Waals surface area contributed by atoms with E-state index >= 15 is 0 Å². The minimum Gasteiger partial charge on any atom is -0.494 e. The molecule has 0 aliphatic heterocycles. The summed E-state index contributed by atoms with van der Waals surface area (Å²) in [7, 11) is 1.40. The van der Waals surface area contributed by atoms with Crippen LogP contribution in [0.3, 0.4) is 0 Å². The van der Waals surface area contributed by atoms with E-state index in [4.69, 9.17) is 4.74 Å². The molecule has 0 saturated heterocycles. The van der Waals surface area contributed by atoms with Crippen molar-refractivity contribution in [1.29, 1.82) is 0 Å². The van der Waals surface area contributed by atoms with Crippen LogP contribution in [-0.4, -0.2) is 18.1 Å². The fourth-order valence-corrected chi connectivity index (χ4v) is 2.15. The molecule has 5 nitrogen and oxygen atoms in total. The van der Waals surface area contributed by atoms with Crippen LogP contribution in [0.2, 0.25) is 0 Å². The molecule has 0 saturated carbocycles. The number of pyridine rings is 1. The highest BCUT2D eigenvalue weighted by Crippen LogP contribution is 2.22. The minimum atomic E-state index is -0.432. The van der Waals surface area contributed by atoms with Crippen molar-refractivity contribution in [3.63, 3.8) is 0 Å². The summed E-state index contributed by atoms with van der Waals surface area (Å²) >= 11 is 0. The molecule has 122 valence electrons. The third kappa shape index (κ3) is 4.67. The SMILES string of the molecule is COc1cc(C(C)NC(=O)NCc2cccc(C)n2)ccc1F. The summed E-state index contributed by atoms with van der Waals surface area (Å²) in [5.74, 6) is -0.279. The van der Waals surface area contributed by atoms with Crippen molar-refractivity contribution in [2.75, 3.05) is 7.11 Å². The Kier molecular flexibility index (Phi) is 5.51. The Bertz CT molecular complexity index is 691. The topological polar surface area (TPSA) is 63.2 Å². The van der Waals surface area contributed by atoms with Gasteiger partial charge in [-0.1, -0.05) is 12.1 Å². The second kappa shape index (κ2) is 7.58. The fourth-order valence-electron chi connectivity index (χ4n) is 2.15. The molecule has 6 heteroatoms. The molecule has 0 bridgehead atoms. The van der Waals surface area contributed by atoms with Gasteiger partial charge < -0.3 is 15.4 Å². The lowest BCUT2D eigenvalue weighted by Gasteiger charge is -2.16. The van der Waals surface area contributed by atoms with Crippen LogP contribution < -0.4 is 15.4 Å². The van der Waals surface area contributed by atoms with E-state index in [0.717, 1.165) is 17.0 Å². The van der Waals surface area contributed by atoms with Crippen molar-refractivity contribution in [3.8, 4) is 5.75 Å².